The Kier molecular flexibility index (Phi) is 8.78. The highest BCUT2D eigenvalue weighted by molar-refractivity contribution is 5.29. The first kappa shape index (κ1) is 19.7. The summed E-state index contributed by atoms with van der Waals surface area (Å²) in [5.74, 6) is 0.791. The van der Waals surface area contributed by atoms with E-state index >= 15 is 0 Å². The van der Waals surface area contributed by atoms with E-state index in [1.165, 1.54) is 77.0 Å². The molecule has 0 aliphatic rings. The quantitative estimate of drug-likeness (QED) is 0.433. The molecule has 4 nitrogen and oxygen atoms in total. The number of nitrogens with zero attached hydrogens (tertiary/aromatic N) is 3. The van der Waals surface area contributed by atoms with E-state index in [9.17, 15) is 4.79 Å². The summed E-state index contributed by atoms with van der Waals surface area (Å²) >= 11 is 0. The first-order valence-corrected chi connectivity index (χ1v) is 10.3. The minimum Gasteiger partial charge on any atom is -0.315 e. The Bertz CT molecular complexity index is 644. The summed E-state index contributed by atoms with van der Waals surface area (Å²) in [5.41, 5.74) is 0.00777. The highest BCUT2D eigenvalue weighted by Gasteiger charge is 2.14. The van der Waals surface area contributed by atoms with Crippen molar-refractivity contribution in [3.05, 3.63) is 35.0 Å². The summed E-state index contributed by atoms with van der Waals surface area (Å²) in [4.78, 5) is 16.4. The molecule has 0 N–H and O–H groups in total. The van der Waals surface area contributed by atoms with Gasteiger partial charge in [0, 0.05) is 30.7 Å². The van der Waals surface area contributed by atoms with Crippen LogP contribution in [0.25, 0.3) is 5.78 Å². The third-order valence-electron chi connectivity index (χ3n) is 5.14. The zero-order valence-electron chi connectivity index (χ0n) is 16.1. The lowest BCUT2D eigenvalue weighted by Crippen LogP contribution is -2.19. The van der Waals surface area contributed by atoms with E-state index in [0.717, 1.165) is 5.78 Å². The smallest absolute Gasteiger partial charge is 0.258 e. The van der Waals surface area contributed by atoms with Crippen molar-refractivity contribution in [1.82, 2.24) is 14.0 Å². The molecule has 0 amide bonds. The molecule has 0 radical (unpaired) electrons. The van der Waals surface area contributed by atoms with Crippen molar-refractivity contribution in [2.75, 3.05) is 0 Å². The Balaban J connectivity index is 2.02. The van der Waals surface area contributed by atoms with Gasteiger partial charge in [-0.25, -0.2) is 4.98 Å². The summed E-state index contributed by atoms with van der Waals surface area (Å²) in [6.45, 7) is 4.52. The highest BCUT2D eigenvalue weighted by Crippen LogP contribution is 2.24. The first-order valence-electron chi connectivity index (χ1n) is 10.3. The van der Waals surface area contributed by atoms with Gasteiger partial charge in [-0.3, -0.25) is 9.20 Å². The van der Waals surface area contributed by atoms with Gasteiger partial charge in [0.2, 0.25) is 5.78 Å². The van der Waals surface area contributed by atoms with Gasteiger partial charge in [0.15, 0.2) is 0 Å². The highest BCUT2D eigenvalue weighted by atomic mass is 16.1. The average molecular weight is 346 g/mol. The van der Waals surface area contributed by atoms with Crippen LogP contribution in [-0.2, 0) is 0 Å². The van der Waals surface area contributed by atoms with Crippen LogP contribution in [0.4, 0.5) is 0 Å². The maximum atomic E-state index is 12.0. The van der Waals surface area contributed by atoms with Gasteiger partial charge in [0.1, 0.15) is 0 Å². The molecule has 0 atom stereocenters. The lowest BCUT2D eigenvalue weighted by Gasteiger charge is -2.21. The van der Waals surface area contributed by atoms with Gasteiger partial charge in [0.05, 0.1) is 0 Å². The van der Waals surface area contributed by atoms with E-state index < -0.39 is 0 Å². The van der Waals surface area contributed by atoms with E-state index in [1.807, 2.05) is 6.20 Å². The standard InChI is InChI=1S/C21H35N3O/c1-3-5-7-9-11-13-19(14-12-10-8-6-4-2)23-17-15-20(25)24-18-16-22-21(23)24/h15-19H,3-14H2,1-2H3. The van der Waals surface area contributed by atoms with Crippen LogP contribution in [0.15, 0.2) is 29.5 Å². The van der Waals surface area contributed by atoms with Crippen molar-refractivity contribution in [2.45, 2.75) is 96.9 Å². The normalized spacial score (nSPS) is 11.6. The average Bonchev–Trinajstić information content (AvgIpc) is 3.11. The zero-order valence-corrected chi connectivity index (χ0v) is 16.1. The number of rotatable bonds is 13. The second-order valence-electron chi connectivity index (χ2n) is 7.22. The Morgan fingerprint density at radius 3 is 2.08 bits per heavy atom. The second kappa shape index (κ2) is 11.1. The van der Waals surface area contributed by atoms with Crippen LogP contribution < -0.4 is 5.56 Å². The molecule has 0 aromatic carbocycles. The Hall–Kier alpha value is -1.58. The van der Waals surface area contributed by atoms with Gasteiger partial charge in [0.25, 0.3) is 5.56 Å². The monoisotopic (exact) mass is 345 g/mol. The van der Waals surface area contributed by atoms with E-state index in [1.54, 1.807) is 22.9 Å². The van der Waals surface area contributed by atoms with E-state index in [-0.39, 0.29) is 5.56 Å². The van der Waals surface area contributed by atoms with Crippen molar-refractivity contribution in [1.29, 1.82) is 0 Å². The topological polar surface area (TPSA) is 39.3 Å². The van der Waals surface area contributed by atoms with Crippen LogP contribution >= 0.6 is 0 Å². The van der Waals surface area contributed by atoms with Gasteiger partial charge < -0.3 is 4.57 Å². The molecule has 0 saturated heterocycles. The molecule has 0 saturated carbocycles. The van der Waals surface area contributed by atoms with Crippen LogP contribution in [0.3, 0.4) is 0 Å². The zero-order chi connectivity index (χ0) is 17.9. The molecule has 0 bridgehead atoms. The lowest BCUT2D eigenvalue weighted by molar-refractivity contribution is 0.397. The van der Waals surface area contributed by atoms with Crippen molar-refractivity contribution in [3.8, 4) is 0 Å². The minimum absolute atomic E-state index is 0.00777. The fourth-order valence-corrected chi connectivity index (χ4v) is 3.62. The molecule has 2 heterocycles. The molecule has 0 spiro atoms. The van der Waals surface area contributed by atoms with Gasteiger partial charge >= 0.3 is 0 Å². The third-order valence-corrected chi connectivity index (χ3v) is 5.14. The summed E-state index contributed by atoms with van der Waals surface area (Å²) in [6, 6.07) is 2.13. The van der Waals surface area contributed by atoms with Gasteiger partial charge in [-0.2, -0.15) is 0 Å². The molecule has 0 aliphatic carbocycles. The molecule has 0 aliphatic heterocycles. The maximum absolute atomic E-state index is 12.0. The van der Waals surface area contributed by atoms with Crippen LogP contribution in [-0.4, -0.2) is 14.0 Å². The molecule has 2 aromatic rings. The van der Waals surface area contributed by atoms with Crippen LogP contribution in [0.2, 0.25) is 0 Å². The Morgan fingerprint density at radius 1 is 0.880 bits per heavy atom. The number of aromatic nitrogens is 3. The number of fused-ring (bicyclic) bond motifs is 1. The van der Waals surface area contributed by atoms with Gasteiger partial charge in [-0.05, 0) is 12.8 Å². The van der Waals surface area contributed by atoms with Crippen molar-refractivity contribution >= 4 is 5.78 Å². The largest absolute Gasteiger partial charge is 0.315 e. The predicted molar refractivity (Wildman–Crippen MR) is 105 cm³/mol. The van der Waals surface area contributed by atoms with Gasteiger partial charge in [-0.15, -0.1) is 0 Å². The Labute approximate surface area is 152 Å². The third kappa shape index (κ3) is 6.02. The first-order chi connectivity index (χ1) is 12.3. The van der Waals surface area contributed by atoms with Crippen molar-refractivity contribution in [3.63, 3.8) is 0 Å². The van der Waals surface area contributed by atoms with E-state index in [2.05, 4.69) is 23.4 Å². The molecular formula is C21H35N3O. The number of unbranched alkanes of at least 4 members (excludes halogenated alkanes) is 8. The van der Waals surface area contributed by atoms with Crippen molar-refractivity contribution < 1.29 is 0 Å². The molecule has 0 unspecified atom stereocenters. The van der Waals surface area contributed by atoms with Gasteiger partial charge in [-0.1, -0.05) is 78.1 Å². The molecule has 2 aromatic heterocycles. The fourth-order valence-electron chi connectivity index (χ4n) is 3.62. The predicted octanol–water partition coefficient (Wildman–Crippen LogP) is 5.76. The summed E-state index contributed by atoms with van der Waals surface area (Å²) < 4.78 is 3.90. The second-order valence-corrected chi connectivity index (χ2v) is 7.22. The number of hydrogen-bond donors (Lipinski definition) is 0. The summed E-state index contributed by atoms with van der Waals surface area (Å²) in [5, 5.41) is 0. The maximum Gasteiger partial charge on any atom is 0.258 e. The fraction of sp³-hybridized carbons (Fsp3) is 0.714. The Morgan fingerprint density at radius 2 is 1.48 bits per heavy atom. The van der Waals surface area contributed by atoms with Crippen LogP contribution in [0.1, 0.15) is 96.9 Å². The van der Waals surface area contributed by atoms with Crippen LogP contribution in [0, 0.1) is 0 Å². The summed E-state index contributed by atoms with van der Waals surface area (Å²) in [6.07, 6.45) is 20.9. The van der Waals surface area contributed by atoms with Crippen molar-refractivity contribution in [2.24, 2.45) is 0 Å². The molecule has 4 heteroatoms. The lowest BCUT2D eigenvalue weighted by atomic mass is 10.00. The molecule has 2 rings (SSSR count). The molecule has 25 heavy (non-hydrogen) atoms. The minimum atomic E-state index is 0.00777. The van der Waals surface area contributed by atoms with Crippen LogP contribution in [0.5, 0.6) is 0 Å². The number of imidazole rings is 1. The van der Waals surface area contributed by atoms with E-state index in [0.29, 0.717) is 6.04 Å². The SMILES string of the molecule is CCCCCCCC(CCCCCCC)n1ccc(=O)n2ccnc12. The van der Waals surface area contributed by atoms with E-state index in [4.69, 9.17) is 0 Å². The molecular weight excluding hydrogens is 310 g/mol. The number of hydrogen-bond acceptors (Lipinski definition) is 2. The molecule has 0 fully saturated rings. The molecule has 140 valence electrons. The summed E-state index contributed by atoms with van der Waals surface area (Å²) in [7, 11) is 0.